The minimum Gasteiger partial charge on any atom is -0.368 e. The summed E-state index contributed by atoms with van der Waals surface area (Å²) in [7, 11) is -1.00. The maximum Gasteiger partial charge on any atom is 0.0894 e. The Hall–Kier alpha value is -2.58. The molecule has 0 bridgehead atoms. The smallest absolute Gasteiger partial charge is 0.0894 e. The molecule has 1 aliphatic rings. The van der Waals surface area contributed by atoms with Crippen LogP contribution in [0.2, 0.25) is 0 Å². The van der Waals surface area contributed by atoms with Crippen LogP contribution in [0.5, 0.6) is 0 Å². The van der Waals surface area contributed by atoms with Crippen LogP contribution in [0.3, 0.4) is 0 Å². The molecule has 138 valence electrons. The van der Waals surface area contributed by atoms with Crippen molar-refractivity contribution >= 4 is 27.4 Å². The van der Waals surface area contributed by atoms with Crippen molar-refractivity contribution in [3.63, 3.8) is 0 Å². The van der Waals surface area contributed by atoms with Crippen LogP contribution in [0, 0.1) is 23.7 Å². The molecule has 0 unspecified atom stereocenters. The van der Waals surface area contributed by atoms with E-state index in [1.54, 1.807) is 0 Å². The molecule has 1 atom stereocenters. The number of aryl methyl sites for hydroxylation is 1. The Labute approximate surface area is 162 Å². The van der Waals surface area contributed by atoms with Crippen LogP contribution in [0.15, 0.2) is 47.4 Å². The van der Waals surface area contributed by atoms with E-state index in [1.165, 1.54) is 5.56 Å². The third kappa shape index (κ3) is 3.15. The molecule has 0 saturated carbocycles. The van der Waals surface area contributed by atoms with Crippen LogP contribution in [0.25, 0.3) is 22.2 Å². The van der Waals surface area contributed by atoms with Gasteiger partial charge in [0.25, 0.3) is 0 Å². The van der Waals surface area contributed by atoms with Gasteiger partial charge in [0.1, 0.15) is 0 Å². The van der Waals surface area contributed by atoms with E-state index >= 15 is 0 Å². The van der Waals surface area contributed by atoms with Crippen LogP contribution >= 0.6 is 0 Å². The summed E-state index contributed by atoms with van der Waals surface area (Å²) in [6.07, 6.45) is 0. The summed E-state index contributed by atoms with van der Waals surface area (Å²) in [4.78, 5) is 6.60. The standard InChI is InChI=1S/C22H23N3OS/c1-4-27(26)17-7-8-21(25-13-22(3,12-23)14-25)18(11-17)20-10-16-6-5-15(2)9-19(16)24-20/h5-11,24H,4,13-14H2,1-3H3/t27-/m0/s1. The van der Waals surface area contributed by atoms with Gasteiger partial charge in [-0.2, -0.15) is 5.26 Å². The second-order valence-corrected chi connectivity index (χ2v) is 9.36. The summed E-state index contributed by atoms with van der Waals surface area (Å²) in [5, 5.41) is 10.5. The quantitative estimate of drug-likeness (QED) is 0.722. The highest BCUT2D eigenvalue weighted by Crippen LogP contribution is 2.40. The molecule has 0 aliphatic carbocycles. The monoisotopic (exact) mass is 377 g/mol. The lowest BCUT2D eigenvalue weighted by Gasteiger charge is -2.45. The van der Waals surface area contributed by atoms with Crippen molar-refractivity contribution in [3.8, 4) is 17.3 Å². The number of rotatable bonds is 4. The number of hydrogen-bond donors (Lipinski definition) is 1. The molecule has 0 radical (unpaired) electrons. The number of nitrogens with one attached hydrogen (secondary N) is 1. The zero-order valence-corrected chi connectivity index (χ0v) is 16.7. The van der Waals surface area contributed by atoms with Crippen molar-refractivity contribution in [1.82, 2.24) is 4.98 Å². The topological polar surface area (TPSA) is 59.9 Å². The number of aromatic amines is 1. The van der Waals surface area contributed by atoms with Gasteiger partial charge in [-0.3, -0.25) is 4.21 Å². The number of fused-ring (bicyclic) bond motifs is 1. The van der Waals surface area contributed by atoms with E-state index in [0.717, 1.165) is 32.7 Å². The molecule has 3 aromatic rings. The Bertz CT molecular complexity index is 1090. The van der Waals surface area contributed by atoms with E-state index in [4.69, 9.17) is 0 Å². The average molecular weight is 378 g/mol. The highest BCUT2D eigenvalue weighted by atomic mass is 32.2. The normalized spacial score (nSPS) is 16.7. The van der Waals surface area contributed by atoms with E-state index < -0.39 is 10.8 Å². The van der Waals surface area contributed by atoms with Crippen LogP contribution in [0.4, 0.5) is 5.69 Å². The molecule has 0 spiro atoms. The first-order valence-corrected chi connectivity index (χ1v) is 10.5. The van der Waals surface area contributed by atoms with Crippen LogP contribution in [0.1, 0.15) is 19.4 Å². The van der Waals surface area contributed by atoms with E-state index in [2.05, 4.69) is 47.1 Å². The van der Waals surface area contributed by atoms with Crippen molar-refractivity contribution in [2.24, 2.45) is 5.41 Å². The first kappa shape index (κ1) is 17.8. The summed E-state index contributed by atoms with van der Waals surface area (Å²) in [5.41, 5.74) is 5.17. The highest BCUT2D eigenvalue weighted by molar-refractivity contribution is 7.85. The molecule has 1 aromatic heterocycles. The SMILES string of the molecule is CC[S@](=O)c1ccc(N2CC(C)(C#N)C2)c(-c2cc3ccc(C)cc3[nH]2)c1. The summed E-state index contributed by atoms with van der Waals surface area (Å²) in [6, 6.07) is 17.0. The third-order valence-electron chi connectivity index (χ3n) is 5.25. The Morgan fingerprint density at radius 3 is 2.70 bits per heavy atom. The minimum absolute atomic E-state index is 0.292. The zero-order valence-electron chi connectivity index (χ0n) is 15.9. The number of H-pyrrole nitrogens is 1. The van der Waals surface area contributed by atoms with Gasteiger partial charge >= 0.3 is 0 Å². The second kappa shape index (κ2) is 6.54. The summed E-state index contributed by atoms with van der Waals surface area (Å²) >= 11 is 0. The molecule has 0 amide bonds. The number of aromatic nitrogens is 1. The van der Waals surface area contributed by atoms with E-state index in [-0.39, 0.29) is 5.41 Å². The summed E-state index contributed by atoms with van der Waals surface area (Å²) < 4.78 is 12.4. The molecule has 27 heavy (non-hydrogen) atoms. The van der Waals surface area contributed by atoms with Gasteiger partial charge in [0.15, 0.2) is 0 Å². The van der Waals surface area contributed by atoms with Gasteiger partial charge in [0, 0.05) is 51.6 Å². The third-order valence-corrected chi connectivity index (χ3v) is 6.56. The predicted molar refractivity (Wildman–Crippen MR) is 111 cm³/mol. The Morgan fingerprint density at radius 1 is 1.22 bits per heavy atom. The lowest BCUT2D eigenvalue weighted by atomic mass is 9.83. The molecule has 5 heteroatoms. The molecule has 2 aromatic carbocycles. The molecule has 1 N–H and O–H groups in total. The molecular formula is C22H23N3OS. The van der Waals surface area contributed by atoms with Gasteiger partial charge in [-0.05, 0) is 49.7 Å². The van der Waals surface area contributed by atoms with Crippen molar-refractivity contribution in [3.05, 3.63) is 48.0 Å². The number of anilines is 1. The lowest BCUT2D eigenvalue weighted by molar-refractivity contribution is 0.337. The van der Waals surface area contributed by atoms with Crippen molar-refractivity contribution in [2.45, 2.75) is 25.7 Å². The molecule has 4 nitrogen and oxygen atoms in total. The Morgan fingerprint density at radius 2 is 2.00 bits per heavy atom. The van der Waals surface area contributed by atoms with Crippen LogP contribution < -0.4 is 4.90 Å². The summed E-state index contributed by atoms with van der Waals surface area (Å²) in [5.74, 6) is 0.598. The average Bonchev–Trinajstić information content (AvgIpc) is 3.07. The van der Waals surface area contributed by atoms with Crippen LogP contribution in [-0.4, -0.2) is 28.0 Å². The fourth-order valence-electron chi connectivity index (χ4n) is 3.74. The molecule has 1 fully saturated rings. The van der Waals surface area contributed by atoms with Gasteiger partial charge in [0.05, 0.1) is 22.3 Å². The number of benzene rings is 2. The number of nitrogens with zero attached hydrogens (tertiary/aromatic N) is 2. The lowest BCUT2D eigenvalue weighted by Crippen LogP contribution is -2.54. The van der Waals surface area contributed by atoms with Gasteiger partial charge < -0.3 is 9.88 Å². The van der Waals surface area contributed by atoms with E-state index in [9.17, 15) is 9.47 Å². The molecule has 1 saturated heterocycles. The van der Waals surface area contributed by atoms with Crippen molar-refractivity contribution in [2.75, 3.05) is 23.7 Å². The summed E-state index contributed by atoms with van der Waals surface area (Å²) in [6.45, 7) is 7.44. The first-order valence-electron chi connectivity index (χ1n) is 9.21. The van der Waals surface area contributed by atoms with Gasteiger partial charge in [0.2, 0.25) is 0 Å². The molecule has 2 heterocycles. The Balaban J connectivity index is 1.82. The molecular weight excluding hydrogens is 354 g/mol. The molecule has 1 aliphatic heterocycles. The Kier molecular flexibility index (Phi) is 4.32. The second-order valence-electron chi connectivity index (χ2n) is 7.62. The van der Waals surface area contributed by atoms with Gasteiger partial charge in [-0.1, -0.05) is 19.1 Å². The van der Waals surface area contributed by atoms with E-state index in [1.807, 2.05) is 32.0 Å². The maximum atomic E-state index is 12.4. The number of hydrogen-bond acceptors (Lipinski definition) is 3. The first-order chi connectivity index (χ1) is 12.9. The van der Waals surface area contributed by atoms with E-state index in [0.29, 0.717) is 18.8 Å². The zero-order chi connectivity index (χ0) is 19.2. The van der Waals surface area contributed by atoms with Gasteiger partial charge in [-0.25, -0.2) is 0 Å². The predicted octanol–water partition coefficient (Wildman–Crippen LogP) is 4.62. The number of nitriles is 1. The van der Waals surface area contributed by atoms with Gasteiger partial charge in [-0.15, -0.1) is 0 Å². The fraction of sp³-hybridized carbons (Fsp3) is 0.318. The fourth-order valence-corrected chi connectivity index (χ4v) is 4.54. The minimum atomic E-state index is -1.00. The highest BCUT2D eigenvalue weighted by Gasteiger charge is 2.40. The maximum absolute atomic E-state index is 12.4. The molecule has 4 rings (SSSR count). The van der Waals surface area contributed by atoms with Crippen LogP contribution in [-0.2, 0) is 10.8 Å². The van der Waals surface area contributed by atoms with Crippen molar-refractivity contribution < 1.29 is 4.21 Å². The van der Waals surface area contributed by atoms with Crippen molar-refractivity contribution in [1.29, 1.82) is 5.26 Å². The largest absolute Gasteiger partial charge is 0.368 e.